The van der Waals surface area contributed by atoms with Crippen molar-refractivity contribution in [1.82, 2.24) is 14.8 Å². The van der Waals surface area contributed by atoms with Crippen LogP contribution in [-0.2, 0) is 11.2 Å². The van der Waals surface area contributed by atoms with Gasteiger partial charge in [0, 0.05) is 23.1 Å². The topological polar surface area (TPSA) is 89.0 Å². The molecule has 0 unspecified atom stereocenters. The van der Waals surface area contributed by atoms with Crippen molar-refractivity contribution in [2.24, 2.45) is 0 Å². The molecule has 0 radical (unpaired) electrons. The predicted molar refractivity (Wildman–Crippen MR) is 121 cm³/mol. The average Bonchev–Trinajstić information content (AvgIpc) is 3.11. The van der Waals surface area contributed by atoms with E-state index in [-0.39, 0.29) is 17.9 Å². The second-order valence-corrected chi connectivity index (χ2v) is 7.39. The summed E-state index contributed by atoms with van der Waals surface area (Å²) in [6, 6.07) is 16.8. The van der Waals surface area contributed by atoms with Gasteiger partial charge in [0.2, 0.25) is 5.91 Å². The third kappa shape index (κ3) is 4.07. The molecule has 0 aliphatic carbocycles. The van der Waals surface area contributed by atoms with Crippen molar-refractivity contribution in [2.75, 3.05) is 12.4 Å². The highest BCUT2D eigenvalue weighted by molar-refractivity contribution is 5.91. The van der Waals surface area contributed by atoms with Gasteiger partial charge in [-0.15, -0.1) is 0 Å². The van der Waals surface area contributed by atoms with E-state index in [0.717, 1.165) is 28.1 Å². The summed E-state index contributed by atoms with van der Waals surface area (Å²) in [7, 11) is 1.59. The lowest BCUT2D eigenvalue weighted by molar-refractivity contribution is -0.116. The first kappa shape index (κ1) is 20.4. The first-order chi connectivity index (χ1) is 15.0. The Morgan fingerprint density at radius 1 is 1.10 bits per heavy atom. The van der Waals surface area contributed by atoms with Gasteiger partial charge in [0.25, 0.3) is 5.56 Å². The van der Waals surface area contributed by atoms with Gasteiger partial charge in [0.15, 0.2) is 0 Å². The molecule has 7 heteroatoms. The van der Waals surface area contributed by atoms with Crippen LogP contribution in [0, 0.1) is 13.8 Å². The molecule has 0 saturated heterocycles. The van der Waals surface area contributed by atoms with Crippen molar-refractivity contribution >= 4 is 22.6 Å². The van der Waals surface area contributed by atoms with Crippen LogP contribution in [0.15, 0.2) is 59.4 Å². The number of pyridine rings is 1. The molecule has 0 spiro atoms. The van der Waals surface area contributed by atoms with E-state index in [1.807, 2.05) is 44.2 Å². The lowest BCUT2D eigenvalue weighted by Gasteiger charge is -2.09. The van der Waals surface area contributed by atoms with Crippen molar-refractivity contribution < 1.29 is 9.53 Å². The summed E-state index contributed by atoms with van der Waals surface area (Å²) in [6.45, 7) is 3.84. The maximum absolute atomic E-state index is 12.8. The van der Waals surface area contributed by atoms with E-state index in [1.165, 1.54) is 0 Å². The molecule has 2 heterocycles. The van der Waals surface area contributed by atoms with Crippen LogP contribution in [0.5, 0.6) is 5.75 Å². The summed E-state index contributed by atoms with van der Waals surface area (Å²) >= 11 is 0. The van der Waals surface area contributed by atoms with Crippen molar-refractivity contribution in [3.8, 4) is 11.4 Å². The Hall–Kier alpha value is -3.87. The number of amides is 1. The summed E-state index contributed by atoms with van der Waals surface area (Å²) in [4.78, 5) is 28.2. The van der Waals surface area contributed by atoms with Gasteiger partial charge in [0.1, 0.15) is 11.4 Å². The van der Waals surface area contributed by atoms with Gasteiger partial charge in [-0.3, -0.25) is 9.59 Å². The van der Waals surface area contributed by atoms with E-state index in [9.17, 15) is 9.59 Å². The minimum absolute atomic E-state index is 0.152. The van der Waals surface area contributed by atoms with E-state index in [4.69, 9.17) is 4.74 Å². The smallest absolute Gasteiger partial charge is 0.253 e. The van der Waals surface area contributed by atoms with Crippen LogP contribution in [0.25, 0.3) is 16.7 Å². The van der Waals surface area contributed by atoms with Crippen LogP contribution in [-0.4, -0.2) is 27.8 Å². The number of rotatable bonds is 6. The molecular formula is C24H24N4O3. The second kappa shape index (κ2) is 8.47. The number of carbonyl (C=O) groups is 1. The zero-order valence-electron chi connectivity index (χ0n) is 17.7. The van der Waals surface area contributed by atoms with Gasteiger partial charge in [-0.2, -0.15) is 5.10 Å². The number of hydrogen-bond acceptors (Lipinski definition) is 4. The average molecular weight is 416 g/mol. The van der Waals surface area contributed by atoms with Gasteiger partial charge in [0.05, 0.1) is 18.5 Å². The zero-order valence-corrected chi connectivity index (χ0v) is 17.7. The quantitative estimate of drug-likeness (QED) is 0.499. The molecule has 0 aliphatic heterocycles. The molecular weight excluding hydrogens is 392 g/mol. The molecule has 0 atom stereocenters. The standard InChI is InChI=1S/C24H24N4O3/c1-15-20(13-14-21(29)25-17-9-11-19(31-3)12-10-17)24(30)26-23-22(15)16(2)27-28(23)18-7-5-4-6-8-18/h4-12H,13-14H2,1-3H3,(H,25,29)(H,26,30). The van der Waals surface area contributed by atoms with E-state index in [1.54, 1.807) is 36.1 Å². The van der Waals surface area contributed by atoms with Crippen molar-refractivity contribution in [2.45, 2.75) is 26.7 Å². The molecule has 0 bridgehead atoms. The van der Waals surface area contributed by atoms with Crippen LogP contribution in [0.1, 0.15) is 23.2 Å². The fourth-order valence-corrected chi connectivity index (χ4v) is 3.79. The number of nitrogens with zero attached hydrogens (tertiary/aromatic N) is 2. The van der Waals surface area contributed by atoms with Crippen molar-refractivity contribution in [1.29, 1.82) is 0 Å². The number of nitrogens with one attached hydrogen (secondary N) is 2. The lowest BCUT2D eigenvalue weighted by atomic mass is 10.0. The largest absolute Gasteiger partial charge is 0.497 e. The number of anilines is 1. The molecule has 2 aromatic heterocycles. The van der Waals surface area contributed by atoms with Gasteiger partial charge in [-0.05, 0) is 62.2 Å². The number of methoxy groups -OCH3 is 1. The summed E-state index contributed by atoms with van der Waals surface area (Å²) in [6.07, 6.45) is 0.544. The number of para-hydroxylation sites is 1. The third-order valence-electron chi connectivity index (χ3n) is 5.37. The second-order valence-electron chi connectivity index (χ2n) is 7.39. The number of aromatic amines is 1. The number of aryl methyl sites for hydroxylation is 2. The number of aromatic nitrogens is 3. The first-order valence-electron chi connectivity index (χ1n) is 10.1. The fraction of sp³-hybridized carbons (Fsp3) is 0.208. The number of carbonyl (C=O) groups excluding carboxylic acids is 1. The van der Waals surface area contributed by atoms with Crippen molar-refractivity contribution in [3.05, 3.63) is 81.8 Å². The molecule has 4 rings (SSSR count). The Morgan fingerprint density at radius 2 is 1.81 bits per heavy atom. The lowest BCUT2D eigenvalue weighted by Crippen LogP contribution is -2.19. The van der Waals surface area contributed by atoms with Gasteiger partial charge >= 0.3 is 0 Å². The fourth-order valence-electron chi connectivity index (χ4n) is 3.79. The van der Waals surface area contributed by atoms with Gasteiger partial charge in [-0.25, -0.2) is 4.68 Å². The Labute approximate surface area is 179 Å². The molecule has 2 N–H and O–H groups in total. The van der Waals surface area contributed by atoms with Crippen LogP contribution in [0.3, 0.4) is 0 Å². The minimum Gasteiger partial charge on any atom is -0.497 e. The molecule has 2 aromatic carbocycles. The van der Waals surface area contributed by atoms with Crippen LogP contribution >= 0.6 is 0 Å². The van der Waals surface area contributed by atoms with Crippen LogP contribution < -0.4 is 15.6 Å². The molecule has 31 heavy (non-hydrogen) atoms. The SMILES string of the molecule is COc1ccc(NC(=O)CCc2c(C)c3c(C)nn(-c4ccccc4)c3[nH]c2=O)cc1. The van der Waals surface area contributed by atoms with Crippen LogP contribution in [0.2, 0.25) is 0 Å². The monoisotopic (exact) mass is 416 g/mol. The third-order valence-corrected chi connectivity index (χ3v) is 5.37. The molecule has 0 saturated carbocycles. The number of benzene rings is 2. The van der Waals surface area contributed by atoms with Gasteiger partial charge in [-0.1, -0.05) is 18.2 Å². The number of hydrogen-bond donors (Lipinski definition) is 2. The molecule has 158 valence electrons. The highest BCUT2D eigenvalue weighted by Crippen LogP contribution is 2.24. The highest BCUT2D eigenvalue weighted by Gasteiger charge is 2.17. The maximum Gasteiger partial charge on any atom is 0.253 e. The summed E-state index contributed by atoms with van der Waals surface area (Å²) in [5, 5.41) is 8.39. The van der Waals surface area contributed by atoms with Crippen molar-refractivity contribution in [3.63, 3.8) is 0 Å². The maximum atomic E-state index is 12.8. The summed E-state index contributed by atoms with van der Waals surface area (Å²) in [5.74, 6) is 0.570. The van der Waals surface area contributed by atoms with Gasteiger partial charge < -0.3 is 15.0 Å². The number of fused-ring (bicyclic) bond motifs is 1. The van der Waals surface area contributed by atoms with E-state index in [0.29, 0.717) is 23.3 Å². The predicted octanol–water partition coefficient (Wildman–Crippen LogP) is 3.91. The zero-order chi connectivity index (χ0) is 22.0. The first-order valence-corrected chi connectivity index (χ1v) is 10.1. The Bertz CT molecular complexity index is 1290. The number of ether oxygens (including phenoxy) is 1. The molecule has 4 aromatic rings. The highest BCUT2D eigenvalue weighted by atomic mass is 16.5. The molecule has 0 fully saturated rings. The molecule has 0 aliphatic rings. The Kier molecular flexibility index (Phi) is 5.58. The van der Waals surface area contributed by atoms with E-state index >= 15 is 0 Å². The normalized spacial score (nSPS) is 10.9. The number of H-pyrrole nitrogens is 1. The Morgan fingerprint density at radius 3 is 2.48 bits per heavy atom. The molecule has 7 nitrogen and oxygen atoms in total. The summed E-state index contributed by atoms with van der Waals surface area (Å²) in [5.41, 5.74) is 4.33. The Balaban J connectivity index is 1.57. The minimum atomic E-state index is -0.195. The van der Waals surface area contributed by atoms with E-state index < -0.39 is 0 Å². The summed E-state index contributed by atoms with van der Waals surface area (Å²) < 4.78 is 6.87. The van der Waals surface area contributed by atoms with Crippen LogP contribution in [0.4, 0.5) is 5.69 Å². The molecule has 1 amide bonds. The van der Waals surface area contributed by atoms with E-state index in [2.05, 4.69) is 15.4 Å².